The molecule has 0 aliphatic carbocycles. The van der Waals surface area contributed by atoms with Gasteiger partial charge >= 0.3 is 8.17 Å². The minimum Gasteiger partial charge on any atom is -0.229 e. The van der Waals surface area contributed by atoms with Gasteiger partial charge in [-0.1, -0.05) is 0 Å². The first-order valence-electron chi connectivity index (χ1n) is 4.84. The van der Waals surface area contributed by atoms with Crippen LogP contribution in [0, 0.1) is 0 Å². The lowest BCUT2D eigenvalue weighted by Gasteiger charge is -2.09. The first kappa shape index (κ1) is 16.2. The van der Waals surface area contributed by atoms with E-state index in [4.69, 9.17) is 9.05 Å². The van der Waals surface area contributed by atoms with Crippen LogP contribution in [0.25, 0.3) is 0 Å². The van der Waals surface area contributed by atoms with Crippen molar-refractivity contribution in [3.8, 4) is 0 Å². The second kappa shape index (κ2) is 5.28. The topological polar surface area (TPSA) is 116 Å². The highest BCUT2D eigenvalue weighted by molar-refractivity contribution is 7.91. The monoisotopic (exact) mass is 323 g/mol. The largest absolute Gasteiger partial charge is 0.573 e. The zero-order valence-corrected chi connectivity index (χ0v) is 12.7. The van der Waals surface area contributed by atoms with Crippen molar-refractivity contribution in [1.29, 1.82) is 0 Å². The van der Waals surface area contributed by atoms with Crippen LogP contribution in [0.5, 0.6) is 0 Å². The van der Waals surface area contributed by atoms with Gasteiger partial charge in [0.1, 0.15) is 19.7 Å². The summed E-state index contributed by atoms with van der Waals surface area (Å²) in [5.74, 6) is -0.891. The summed E-state index contributed by atoms with van der Waals surface area (Å²) in [7, 11) is -9.29. The summed E-state index contributed by atoms with van der Waals surface area (Å²) < 4.78 is 59.5. The molecule has 0 aromatic heterocycles. The van der Waals surface area contributed by atoms with Crippen LogP contribution >= 0.6 is 8.17 Å². The summed E-state index contributed by atoms with van der Waals surface area (Å²) in [6.07, 6.45) is -0.159. The highest BCUT2D eigenvalue weighted by Crippen LogP contribution is 2.64. The molecular formula is C7H16O8PS2+. The minimum atomic E-state index is -3.61. The summed E-state index contributed by atoms with van der Waals surface area (Å²) in [5.41, 5.74) is 0. The molecule has 1 N–H and O–H groups in total. The number of sulfone groups is 2. The van der Waals surface area contributed by atoms with Crippen LogP contribution in [0.2, 0.25) is 0 Å². The number of hydrogen-bond acceptors (Lipinski definition) is 8. The van der Waals surface area contributed by atoms with Gasteiger partial charge in [-0.15, -0.1) is 9.05 Å². The van der Waals surface area contributed by atoms with E-state index in [0.29, 0.717) is 0 Å². The Morgan fingerprint density at radius 1 is 1.06 bits per heavy atom. The second-order valence-electron chi connectivity index (χ2n) is 4.12. The molecule has 108 valence electrons. The van der Waals surface area contributed by atoms with E-state index in [1.807, 2.05) is 0 Å². The third kappa shape index (κ3) is 5.04. The van der Waals surface area contributed by atoms with Crippen molar-refractivity contribution in [3.63, 3.8) is 0 Å². The fourth-order valence-corrected chi connectivity index (χ4v) is 4.75. The summed E-state index contributed by atoms with van der Waals surface area (Å²) >= 11 is 0. The van der Waals surface area contributed by atoms with Gasteiger partial charge in [-0.25, -0.2) is 16.8 Å². The van der Waals surface area contributed by atoms with E-state index in [1.165, 1.54) is 0 Å². The highest BCUT2D eigenvalue weighted by Gasteiger charge is 2.59. The average molecular weight is 323 g/mol. The van der Waals surface area contributed by atoms with E-state index in [0.717, 1.165) is 19.6 Å². The average Bonchev–Trinajstić information content (AvgIpc) is 2.38. The molecule has 1 saturated heterocycles. The summed E-state index contributed by atoms with van der Waals surface area (Å²) in [4.78, 5) is 9.69. The summed E-state index contributed by atoms with van der Waals surface area (Å²) in [5, 5.41) is 0. The second-order valence-corrected chi connectivity index (χ2v) is 10.2. The first-order valence-corrected chi connectivity index (χ1v) is 10.5. The van der Waals surface area contributed by atoms with E-state index < -0.39 is 51.6 Å². The molecule has 1 heterocycles. The Morgan fingerprint density at radius 2 is 1.39 bits per heavy atom. The Morgan fingerprint density at radius 3 is 1.61 bits per heavy atom. The molecule has 2 unspecified atom stereocenters. The van der Waals surface area contributed by atoms with Crippen LogP contribution < -0.4 is 0 Å². The van der Waals surface area contributed by atoms with Gasteiger partial charge in [0, 0.05) is 12.5 Å². The number of rotatable bonds is 5. The van der Waals surface area contributed by atoms with Crippen molar-refractivity contribution in [2.24, 2.45) is 0 Å². The molecule has 18 heavy (non-hydrogen) atoms. The van der Waals surface area contributed by atoms with Crippen LogP contribution in [0.3, 0.4) is 0 Å². The normalized spacial score (nSPS) is 33.8. The zero-order chi connectivity index (χ0) is 14.2. The first-order chi connectivity index (χ1) is 7.94. The van der Waals surface area contributed by atoms with Crippen LogP contribution in [-0.4, -0.2) is 65.1 Å². The van der Waals surface area contributed by atoms with Gasteiger partial charge in [0.15, 0.2) is 12.2 Å². The molecule has 0 bridgehead atoms. The lowest BCUT2D eigenvalue weighted by atomic mass is 10.3. The van der Waals surface area contributed by atoms with Crippen LogP contribution in [0.1, 0.15) is 0 Å². The standard InChI is InChI=1S/C7H16O8PS2/c1-13-16(8)14-6(4-17(2,9)10)7(15-16)5-18(3,11)12/h6-8H,4-5H2,1-3H3/q+1. The van der Waals surface area contributed by atoms with E-state index in [-0.39, 0.29) is 0 Å². The molecule has 1 rings (SSSR count). The van der Waals surface area contributed by atoms with E-state index >= 15 is 0 Å². The van der Waals surface area contributed by atoms with Crippen molar-refractivity contribution in [2.75, 3.05) is 31.1 Å². The van der Waals surface area contributed by atoms with Crippen molar-refractivity contribution in [1.82, 2.24) is 0 Å². The molecule has 2 atom stereocenters. The maximum atomic E-state index is 11.2. The molecule has 11 heteroatoms. The number of hydrogen-bond donors (Lipinski definition) is 1. The van der Waals surface area contributed by atoms with Crippen LogP contribution in [0.15, 0.2) is 0 Å². The Kier molecular flexibility index (Phi) is 4.76. The Balaban J connectivity index is 2.90. The smallest absolute Gasteiger partial charge is 0.229 e. The molecule has 1 aliphatic heterocycles. The molecule has 1 fully saturated rings. The van der Waals surface area contributed by atoms with E-state index in [1.54, 1.807) is 0 Å². The van der Waals surface area contributed by atoms with Gasteiger partial charge in [-0.05, 0) is 0 Å². The Labute approximate surface area is 107 Å². The molecule has 0 amide bonds. The fourth-order valence-electron chi connectivity index (χ4n) is 1.46. The maximum Gasteiger partial charge on any atom is 0.573 e. The van der Waals surface area contributed by atoms with Crippen molar-refractivity contribution < 1.29 is 35.3 Å². The quantitative estimate of drug-likeness (QED) is 0.652. The third-order valence-corrected chi connectivity index (χ3v) is 5.52. The SMILES string of the molecule is CO[P+]1(O)OC(CS(C)(=O)=O)C(CS(C)(=O)=O)O1. The fraction of sp³-hybridized carbons (Fsp3) is 1.00. The molecule has 0 aromatic rings. The van der Waals surface area contributed by atoms with Gasteiger partial charge < -0.3 is 0 Å². The van der Waals surface area contributed by atoms with Crippen molar-refractivity contribution >= 4 is 27.8 Å². The van der Waals surface area contributed by atoms with Crippen molar-refractivity contribution in [3.05, 3.63) is 0 Å². The summed E-state index contributed by atoms with van der Waals surface area (Å²) in [6.45, 7) is 0. The van der Waals surface area contributed by atoms with Crippen LogP contribution in [-0.2, 0) is 33.2 Å². The van der Waals surface area contributed by atoms with Crippen molar-refractivity contribution in [2.45, 2.75) is 12.2 Å². The predicted octanol–water partition coefficient (Wildman–Crippen LogP) is -0.824. The Hall–Kier alpha value is 0.170. The minimum absolute atomic E-state index is 0.446. The lowest BCUT2D eigenvalue weighted by Crippen LogP contribution is -2.35. The van der Waals surface area contributed by atoms with Gasteiger partial charge in [0.25, 0.3) is 0 Å². The molecular weight excluding hydrogens is 307 g/mol. The highest BCUT2D eigenvalue weighted by atomic mass is 32.2. The van der Waals surface area contributed by atoms with Gasteiger partial charge in [-0.2, -0.15) is 9.42 Å². The Bertz CT molecular complexity index is 456. The van der Waals surface area contributed by atoms with Gasteiger partial charge in [-0.3, -0.25) is 0 Å². The van der Waals surface area contributed by atoms with E-state index in [2.05, 4.69) is 4.52 Å². The molecule has 8 nitrogen and oxygen atoms in total. The summed E-state index contributed by atoms with van der Waals surface area (Å²) in [6, 6.07) is 0. The molecule has 1 aliphatic rings. The van der Waals surface area contributed by atoms with Gasteiger partial charge in [0.2, 0.25) is 0 Å². The molecule has 0 saturated carbocycles. The van der Waals surface area contributed by atoms with E-state index in [9.17, 15) is 21.7 Å². The molecule has 0 aromatic carbocycles. The van der Waals surface area contributed by atoms with Crippen LogP contribution in [0.4, 0.5) is 0 Å². The molecule has 0 spiro atoms. The lowest BCUT2D eigenvalue weighted by molar-refractivity contribution is 0.170. The predicted molar refractivity (Wildman–Crippen MR) is 65.3 cm³/mol. The third-order valence-electron chi connectivity index (χ3n) is 2.12. The zero-order valence-electron chi connectivity index (χ0n) is 10.1. The van der Waals surface area contributed by atoms with Gasteiger partial charge in [0.05, 0.1) is 18.6 Å². The maximum absolute atomic E-state index is 11.2. The molecule has 0 radical (unpaired) electrons.